The monoisotopic (exact) mass is 1100 g/mol. The van der Waals surface area contributed by atoms with Crippen molar-refractivity contribution in [3.63, 3.8) is 0 Å². The maximum atomic E-state index is 10.1. The van der Waals surface area contributed by atoms with E-state index in [0.717, 1.165) is 77.4 Å². The van der Waals surface area contributed by atoms with Gasteiger partial charge in [0.15, 0.2) is 0 Å². The standard InChI is InChI=1S/C78H64N4O2/c1-76(2,3)51-32-29-48(30-33-51)50-40-66-59-23-12-10-21-57(59)58-22-11-13-24-60(58)67-43-53(78(7,8)9)42-64(49-31-36-72-65(39-49)63-26-15-17-28-71(63)84-72)74(67)81-47-80(70(41-50)75(66)81)54-19-18-20-55(45-54)83-56-34-35-62-61-25-14-16-27-68(61)82(69(62)46-56)73-44-52(37-38-79-73)77(4,5)6/h10-46H,1-9H3/i10D,11D,12D,13D,21D,22D,23D,24D. The lowest BCUT2D eigenvalue weighted by Crippen LogP contribution is -2.32. The van der Waals surface area contributed by atoms with E-state index in [1.54, 1.807) is 0 Å². The number of imidazole rings is 1. The molecular weight excluding hydrogens is 1020 g/mol. The van der Waals surface area contributed by atoms with Gasteiger partial charge in [0.1, 0.15) is 28.5 Å². The van der Waals surface area contributed by atoms with Crippen molar-refractivity contribution in [2.75, 3.05) is 0 Å². The molecular formula is C78H64N4O2. The molecule has 0 aliphatic carbocycles. The first-order valence-corrected chi connectivity index (χ1v) is 28.6. The second-order valence-electron chi connectivity index (χ2n) is 25.3. The largest absolute Gasteiger partial charge is 0.458 e. The Morgan fingerprint density at radius 3 is 1.82 bits per heavy atom. The minimum absolute atomic E-state index is 0.0441. The topological polar surface area (TPSA) is 49.0 Å². The number of para-hydroxylation sites is 2. The Labute approximate surface area is 501 Å². The number of benzene rings is 10. The zero-order valence-electron chi connectivity index (χ0n) is 56.3. The number of pyridine rings is 1. The number of aromatic nitrogens is 4. The lowest BCUT2D eigenvalue weighted by Gasteiger charge is -2.26. The van der Waals surface area contributed by atoms with Crippen molar-refractivity contribution in [1.82, 2.24) is 14.1 Å². The molecule has 84 heavy (non-hydrogen) atoms. The molecule has 0 spiro atoms. The van der Waals surface area contributed by atoms with E-state index in [1.165, 1.54) is 0 Å². The van der Waals surface area contributed by atoms with Crippen molar-refractivity contribution in [1.29, 1.82) is 0 Å². The number of hydrogen-bond donors (Lipinski definition) is 0. The zero-order valence-corrected chi connectivity index (χ0v) is 48.3. The van der Waals surface area contributed by atoms with Crippen LogP contribution in [-0.2, 0) is 16.2 Å². The fourth-order valence-corrected chi connectivity index (χ4v) is 12.2. The van der Waals surface area contributed by atoms with Gasteiger partial charge in [0.2, 0.25) is 0 Å². The summed E-state index contributed by atoms with van der Waals surface area (Å²) in [5, 5.41) is 3.93. The van der Waals surface area contributed by atoms with Crippen molar-refractivity contribution in [2.24, 2.45) is 0 Å². The van der Waals surface area contributed by atoms with Crippen molar-refractivity contribution in [3.8, 4) is 84.3 Å². The third kappa shape index (κ3) is 8.45. The van der Waals surface area contributed by atoms with Crippen LogP contribution in [0.3, 0.4) is 0 Å². The predicted molar refractivity (Wildman–Crippen MR) is 346 cm³/mol. The number of rotatable bonds is 6. The van der Waals surface area contributed by atoms with Gasteiger partial charge in [-0.15, -0.1) is 0 Å². The molecule has 6 heteroatoms. The van der Waals surface area contributed by atoms with Gasteiger partial charge in [-0.1, -0.05) is 202 Å². The summed E-state index contributed by atoms with van der Waals surface area (Å²) in [6.07, 6.45) is 5.73. The van der Waals surface area contributed by atoms with Gasteiger partial charge >= 0.3 is 0 Å². The van der Waals surface area contributed by atoms with Crippen molar-refractivity contribution >= 4 is 54.8 Å². The summed E-state index contributed by atoms with van der Waals surface area (Å²) in [5.41, 5.74) is 11.8. The summed E-state index contributed by atoms with van der Waals surface area (Å²) >= 11 is 0. The summed E-state index contributed by atoms with van der Waals surface area (Å²) in [6, 6.07) is 53.3. The van der Waals surface area contributed by atoms with Crippen LogP contribution in [0.4, 0.5) is 0 Å². The molecule has 14 aromatic rings. The van der Waals surface area contributed by atoms with Crippen molar-refractivity contribution < 1.29 is 24.7 Å². The van der Waals surface area contributed by atoms with Crippen LogP contribution in [-0.4, -0.2) is 14.1 Å². The molecule has 0 atom stereocenters. The molecule has 1 aliphatic heterocycles. The van der Waals surface area contributed by atoms with E-state index in [9.17, 15) is 11.0 Å². The van der Waals surface area contributed by atoms with Crippen LogP contribution in [0.15, 0.2) is 229 Å². The third-order valence-electron chi connectivity index (χ3n) is 16.7. The summed E-state index contributed by atoms with van der Waals surface area (Å²) in [4.78, 5) is 4.92. The van der Waals surface area contributed by atoms with Gasteiger partial charge < -0.3 is 9.15 Å². The maximum absolute atomic E-state index is 10.1. The molecule has 0 unspecified atom stereocenters. The van der Waals surface area contributed by atoms with E-state index >= 15 is 0 Å². The van der Waals surface area contributed by atoms with Crippen LogP contribution >= 0.6 is 0 Å². The van der Waals surface area contributed by atoms with Crippen LogP contribution in [0, 0.1) is 6.33 Å². The zero-order chi connectivity index (χ0) is 64.4. The second kappa shape index (κ2) is 18.9. The summed E-state index contributed by atoms with van der Waals surface area (Å²) in [5.74, 6) is 1.92. The molecule has 0 radical (unpaired) electrons. The van der Waals surface area contributed by atoms with Gasteiger partial charge in [-0.25, -0.2) is 4.98 Å². The highest BCUT2D eigenvalue weighted by Crippen LogP contribution is 2.49. The summed E-state index contributed by atoms with van der Waals surface area (Å²) < 4.78 is 97.3. The second-order valence-corrected chi connectivity index (χ2v) is 25.3. The minimum Gasteiger partial charge on any atom is -0.458 e. The smallest absolute Gasteiger partial charge is 0.269 e. The van der Waals surface area contributed by atoms with Gasteiger partial charge in [0, 0.05) is 33.8 Å². The van der Waals surface area contributed by atoms with Crippen LogP contribution in [0.25, 0.3) is 128 Å². The Bertz CT molecular complexity index is 5480. The summed E-state index contributed by atoms with van der Waals surface area (Å²) in [7, 11) is 0. The first kappa shape index (κ1) is 43.0. The molecule has 4 aromatic heterocycles. The fraction of sp³-hybridized carbons (Fsp3) is 0.154. The van der Waals surface area contributed by atoms with Gasteiger partial charge in [-0.2, -0.15) is 0 Å². The van der Waals surface area contributed by atoms with E-state index in [4.69, 9.17) is 14.1 Å². The average Bonchev–Trinajstić information content (AvgIpc) is 1.46. The highest BCUT2D eigenvalue weighted by molar-refractivity contribution is 6.10. The molecule has 15 rings (SSSR count). The molecule has 0 amide bonds. The molecule has 10 aromatic carbocycles. The van der Waals surface area contributed by atoms with Crippen LogP contribution in [0.2, 0.25) is 0 Å². The van der Waals surface area contributed by atoms with E-state index in [2.05, 4.69) is 158 Å². The van der Waals surface area contributed by atoms with Gasteiger partial charge in [0.05, 0.1) is 44.4 Å². The minimum atomic E-state index is -0.540. The summed E-state index contributed by atoms with van der Waals surface area (Å²) in [6.45, 7) is 19.4. The molecule has 0 N–H and O–H groups in total. The van der Waals surface area contributed by atoms with E-state index in [0.29, 0.717) is 56.2 Å². The molecule has 0 saturated carbocycles. The number of furan rings is 1. The van der Waals surface area contributed by atoms with Crippen molar-refractivity contribution in [2.45, 2.75) is 78.6 Å². The molecule has 5 heterocycles. The van der Waals surface area contributed by atoms with E-state index in [1.807, 2.05) is 100 Å². The predicted octanol–water partition coefficient (Wildman–Crippen LogP) is 20.4. The van der Waals surface area contributed by atoms with Gasteiger partial charge in [-0.3, -0.25) is 13.7 Å². The Hall–Kier alpha value is -9.78. The maximum Gasteiger partial charge on any atom is 0.269 e. The van der Waals surface area contributed by atoms with E-state index in [-0.39, 0.29) is 45.2 Å². The van der Waals surface area contributed by atoms with Crippen LogP contribution in [0.1, 0.15) is 90.0 Å². The molecule has 6 nitrogen and oxygen atoms in total. The third-order valence-corrected chi connectivity index (χ3v) is 16.7. The Kier molecular flexibility index (Phi) is 9.66. The first-order chi connectivity index (χ1) is 43.8. The normalized spacial score (nSPS) is 13.9. The number of fused-ring (bicyclic) bond motifs is 13. The van der Waals surface area contributed by atoms with Crippen LogP contribution in [0.5, 0.6) is 11.5 Å². The Morgan fingerprint density at radius 1 is 0.452 bits per heavy atom. The lowest BCUT2D eigenvalue weighted by molar-refractivity contribution is -0.570. The molecule has 1 aliphatic rings. The van der Waals surface area contributed by atoms with Gasteiger partial charge in [-0.05, 0) is 161 Å². The van der Waals surface area contributed by atoms with Crippen LogP contribution < -0.4 is 9.30 Å². The fourth-order valence-electron chi connectivity index (χ4n) is 12.2. The number of hydrogen-bond acceptors (Lipinski definition) is 3. The average molecular weight is 1100 g/mol. The quantitative estimate of drug-likeness (QED) is 0.123. The molecule has 0 saturated heterocycles. The number of nitrogens with zero attached hydrogens (tertiary/aromatic N) is 4. The van der Waals surface area contributed by atoms with E-state index < -0.39 is 41.7 Å². The SMILES string of the molecule is [2H]c1c([2H])c([2H])c2c(c1[2H])-c1cc(C(C)(C)C)cc(-c3ccc4oc5ccccc5c4c3)c1-[n+]1[c-]n(-c3cccc(Oc4ccc5c6ccccc6n(-c6cc(C(C)(C)C)ccn6)c5c4)c3)c3cc(-c4ccc(C(C)(C)C)cc4)cc(c31)-c1c([2H])c([2H])c([2H])c([2H])c1-2. The lowest BCUT2D eigenvalue weighted by atomic mass is 9.81. The first-order valence-electron chi connectivity index (χ1n) is 32.6. The molecule has 408 valence electrons. The van der Waals surface area contributed by atoms with Gasteiger partial charge in [0.25, 0.3) is 6.33 Å². The molecule has 0 bridgehead atoms. The Morgan fingerprint density at radius 2 is 1.08 bits per heavy atom. The van der Waals surface area contributed by atoms with Crippen molar-refractivity contribution in [3.05, 3.63) is 247 Å². The highest BCUT2D eigenvalue weighted by atomic mass is 16.5. The highest BCUT2D eigenvalue weighted by Gasteiger charge is 2.30. The Balaban J connectivity index is 1.05. The molecule has 0 fully saturated rings. The number of ether oxygens (including phenoxy) is 1.